The van der Waals surface area contributed by atoms with E-state index in [1.165, 1.54) is 0 Å². The molecule has 4 heterocycles. The molecule has 0 bridgehead atoms. The number of halogens is 1. The first-order valence-corrected chi connectivity index (χ1v) is 8.59. The van der Waals surface area contributed by atoms with Crippen LogP contribution in [-0.4, -0.2) is 49.5 Å². The Morgan fingerprint density at radius 1 is 1.31 bits per heavy atom. The Bertz CT molecular complexity index is 994. The summed E-state index contributed by atoms with van der Waals surface area (Å²) >= 11 is 5.99. The second-order valence-electron chi connectivity index (χ2n) is 6.22. The van der Waals surface area contributed by atoms with Crippen molar-refractivity contribution in [2.75, 3.05) is 13.6 Å². The number of carbonyl (C=O) groups excluding carboxylic acids is 2. The average Bonchev–Trinajstić information content (AvgIpc) is 3.26. The molecule has 9 heteroatoms. The van der Waals surface area contributed by atoms with Crippen LogP contribution in [0.15, 0.2) is 36.8 Å². The van der Waals surface area contributed by atoms with E-state index >= 15 is 0 Å². The molecule has 1 atom stereocenters. The molecular formula is C17H17ClN6O2. The molecule has 0 aliphatic carbocycles. The first kappa shape index (κ1) is 16.6. The Morgan fingerprint density at radius 2 is 2.15 bits per heavy atom. The number of amides is 2. The van der Waals surface area contributed by atoms with Gasteiger partial charge in [-0.05, 0) is 18.2 Å². The Balaban J connectivity index is 1.62. The average molecular weight is 373 g/mol. The van der Waals surface area contributed by atoms with Crippen LogP contribution in [0, 0.1) is 0 Å². The lowest BCUT2D eigenvalue weighted by Gasteiger charge is -2.33. The fraction of sp³-hybridized carbons (Fsp3) is 0.294. The highest BCUT2D eigenvalue weighted by molar-refractivity contribution is 6.30. The number of nitrogens with zero attached hydrogens (tertiary/aromatic N) is 5. The van der Waals surface area contributed by atoms with Crippen LogP contribution in [0.25, 0.3) is 5.65 Å². The fourth-order valence-corrected chi connectivity index (χ4v) is 3.41. The molecule has 8 nitrogen and oxygen atoms in total. The molecule has 0 aromatic carbocycles. The van der Waals surface area contributed by atoms with E-state index in [9.17, 15) is 9.59 Å². The van der Waals surface area contributed by atoms with Gasteiger partial charge in [-0.15, -0.1) is 0 Å². The van der Waals surface area contributed by atoms with Crippen molar-refractivity contribution < 1.29 is 9.59 Å². The van der Waals surface area contributed by atoms with E-state index in [4.69, 9.17) is 11.6 Å². The molecule has 1 aliphatic rings. The van der Waals surface area contributed by atoms with Crippen LogP contribution in [0.4, 0.5) is 0 Å². The number of nitrogens with one attached hydrogen (secondary N) is 1. The summed E-state index contributed by atoms with van der Waals surface area (Å²) in [5.74, 6) is -0.271. The molecule has 0 spiro atoms. The second kappa shape index (κ2) is 6.45. The number of imidazole rings is 1. The summed E-state index contributed by atoms with van der Waals surface area (Å²) in [5, 5.41) is 7.49. The van der Waals surface area contributed by atoms with Crippen molar-refractivity contribution >= 4 is 29.1 Å². The zero-order chi connectivity index (χ0) is 18.3. The third kappa shape index (κ3) is 2.92. The van der Waals surface area contributed by atoms with Crippen LogP contribution in [-0.2, 0) is 11.3 Å². The van der Waals surface area contributed by atoms with E-state index < -0.39 is 0 Å². The molecule has 26 heavy (non-hydrogen) atoms. The maximum absolute atomic E-state index is 13.0. The summed E-state index contributed by atoms with van der Waals surface area (Å²) in [6, 6.07) is 5.15. The van der Waals surface area contributed by atoms with Crippen molar-refractivity contribution in [1.29, 1.82) is 0 Å². The van der Waals surface area contributed by atoms with Gasteiger partial charge in [-0.2, -0.15) is 5.10 Å². The largest absolute Gasteiger partial charge is 0.359 e. The van der Waals surface area contributed by atoms with Crippen molar-refractivity contribution in [3.63, 3.8) is 0 Å². The molecule has 3 aromatic rings. The van der Waals surface area contributed by atoms with Crippen LogP contribution in [0.5, 0.6) is 0 Å². The van der Waals surface area contributed by atoms with Crippen molar-refractivity contribution in [3.05, 3.63) is 53.2 Å². The topological polar surface area (TPSA) is 84.5 Å². The summed E-state index contributed by atoms with van der Waals surface area (Å²) in [5.41, 5.74) is 1.89. The maximum Gasteiger partial charge on any atom is 0.274 e. The van der Waals surface area contributed by atoms with E-state index in [0.717, 1.165) is 5.69 Å². The molecule has 4 rings (SSSR count). The second-order valence-corrected chi connectivity index (χ2v) is 6.66. The SMILES string of the molecule is CNC(=O)C[C@@H]1CN(C(=O)c2cn3cc(Cl)ccc3n2)Cc2ccnn21. The van der Waals surface area contributed by atoms with Crippen molar-refractivity contribution in [2.24, 2.45) is 0 Å². The third-order valence-corrected chi connectivity index (χ3v) is 4.73. The highest BCUT2D eigenvalue weighted by Crippen LogP contribution is 2.24. The monoisotopic (exact) mass is 372 g/mol. The Kier molecular flexibility index (Phi) is 4.12. The number of pyridine rings is 1. The molecule has 0 saturated heterocycles. The van der Waals surface area contributed by atoms with Gasteiger partial charge in [0.15, 0.2) is 0 Å². The van der Waals surface area contributed by atoms with Gasteiger partial charge in [0, 0.05) is 32.2 Å². The lowest BCUT2D eigenvalue weighted by atomic mass is 10.1. The molecular weight excluding hydrogens is 356 g/mol. The Hall–Kier alpha value is -2.87. The molecule has 0 fully saturated rings. The summed E-state index contributed by atoms with van der Waals surface area (Å²) in [6.07, 6.45) is 5.33. The summed E-state index contributed by atoms with van der Waals surface area (Å²) in [4.78, 5) is 30.9. The highest BCUT2D eigenvalue weighted by atomic mass is 35.5. The number of aromatic nitrogens is 4. The molecule has 2 amide bonds. The van der Waals surface area contributed by atoms with Gasteiger partial charge >= 0.3 is 0 Å². The number of hydrogen-bond donors (Lipinski definition) is 1. The number of hydrogen-bond acceptors (Lipinski definition) is 4. The van der Waals surface area contributed by atoms with Crippen molar-refractivity contribution in [2.45, 2.75) is 19.0 Å². The smallest absolute Gasteiger partial charge is 0.274 e. The Labute approximate surface area is 154 Å². The van der Waals surface area contributed by atoms with Crippen LogP contribution >= 0.6 is 11.6 Å². The summed E-state index contributed by atoms with van der Waals surface area (Å²) in [6.45, 7) is 0.827. The standard InChI is InChI=1S/C17H17ClN6O2/c1-19-16(25)6-13-9-23(8-12-4-5-20-24(12)13)17(26)14-10-22-7-11(18)2-3-15(22)21-14/h2-5,7,10,13H,6,8-9H2,1H3,(H,19,25)/t13-/m1/s1. The first-order chi connectivity index (χ1) is 12.5. The molecule has 3 aromatic heterocycles. The minimum absolute atomic E-state index is 0.0897. The van der Waals surface area contributed by atoms with Gasteiger partial charge < -0.3 is 14.6 Å². The highest BCUT2D eigenvalue weighted by Gasteiger charge is 2.31. The number of carbonyl (C=O) groups is 2. The maximum atomic E-state index is 13.0. The van der Waals surface area contributed by atoms with E-state index in [-0.39, 0.29) is 24.3 Å². The Morgan fingerprint density at radius 3 is 2.96 bits per heavy atom. The van der Waals surface area contributed by atoms with Gasteiger partial charge in [0.2, 0.25) is 5.91 Å². The van der Waals surface area contributed by atoms with Gasteiger partial charge in [-0.3, -0.25) is 14.3 Å². The number of rotatable bonds is 3. The predicted octanol–water partition coefficient (Wildman–Crippen LogP) is 1.52. The summed E-state index contributed by atoms with van der Waals surface area (Å²) in [7, 11) is 1.60. The normalized spacial score (nSPS) is 16.5. The lowest BCUT2D eigenvalue weighted by Crippen LogP contribution is -2.42. The van der Waals surface area contributed by atoms with Gasteiger partial charge in [0.05, 0.1) is 29.7 Å². The predicted molar refractivity (Wildman–Crippen MR) is 94.9 cm³/mol. The van der Waals surface area contributed by atoms with Gasteiger partial charge in [-0.25, -0.2) is 4.98 Å². The van der Waals surface area contributed by atoms with Gasteiger partial charge in [0.1, 0.15) is 11.3 Å². The van der Waals surface area contributed by atoms with Crippen LogP contribution < -0.4 is 5.32 Å². The van der Waals surface area contributed by atoms with E-state index in [1.807, 2.05) is 10.7 Å². The zero-order valence-electron chi connectivity index (χ0n) is 14.1. The molecule has 0 radical (unpaired) electrons. The number of fused-ring (bicyclic) bond motifs is 2. The quantitative estimate of drug-likeness (QED) is 0.755. The van der Waals surface area contributed by atoms with Crippen molar-refractivity contribution in [3.8, 4) is 0 Å². The minimum atomic E-state index is -0.205. The van der Waals surface area contributed by atoms with Crippen LogP contribution in [0.1, 0.15) is 28.6 Å². The van der Waals surface area contributed by atoms with Gasteiger partial charge in [-0.1, -0.05) is 11.6 Å². The molecule has 1 aliphatic heterocycles. The van der Waals surface area contributed by atoms with Crippen LogP contribution in [0.2, 0.25) is 5.02 Å². The molecule has 0 unspecified atom stereocenters. The molecule has 0 saturated carbocycles. The van der Waals surface area contributed by atoms with E-state index in [1.54, 1.807) is 47.1 Å². The molecule has 134 valence electrons. The zero-order valence-corrected chi connectivity index (χ0v) is 14.8. The molecule has 1 N–H and O–H groups in total. The van der Waals surface area contributed by atoms with Gasteiger partial charge in [0.25, 0.3) is 5.91 Å². The fourth-order valence-electron chi connectivity index (χ4n) is 3.24. The summed E-state index contributed by atoms with van der Waals surface area (Å²) < 4.78 is 3.55. The van der Waals surface area contributed by atoms with Crippen molar-refractivity contribution in [1.82, 2.24) is 29.4 Å². The van der Waals surface area contributed by atoms with Crippen LogP contribution in [0.3, 0.4) is 0 Å². The van der Waals surface area contributed by atoms with E-state index in [0.29, 0.717) is 29.5 Å². The van der Waals surface area contributed by atoms with E-state index in [2.05, 4.69) is 15.4 Å². The minimum Gasteiger partial charge on any atom is -0.359 e. The third-order valence-electron chi connectivity index (χ3n) is 4.50. The first-order valence-electron chi connectivity index (χ1n) is 8.21. The lowest BCUT2D eigenvalue weighted by molar-refractivity contribution is -0.121.